The molecule has 9 rings (SSSR count). The maximum Gasteiger partial charge on any atom is 0.317 e. The highest BCUT2D eigenvalue weighted by atomic mass is 32.2. The summed E-state index contributed by atoms with van der Waals surface area (Å²) in [5.74, 6) is -6.22. The van der Waals surface area contributed by atoms with Crippen molar-refractivity contribution in [3.63, 3.8) is 0 Å². The van der Waals surface area contributed by atoms with Crippen LogP contribution in [0.4, 0.5) is 22.7 Å². The fraction of sp³-hybridized carbons (Fsp3) is 0.461. The Morgan fingerprint density at radius 3 is 1.81 bits per heavy atom. The molecular weight excluding hydrogens is 1550 g/mol. The van der Waals surface area contributed by atoms with Crippen molar-refractivity contribution in [2.24, 2.45) is 10.2 Å². The van der Waals surface area contributed by atoms with Crippen LogP contribution >= 0.6 is 0 Å². The predicted octanol–water partition coefficient (Wildman–Crippen LogP) is 3.30. The van der Waals surface area contributed by atoms with Crippen LogP contribution in [0.25, 0.3) is 37.6 Å². The Labute approximate surface area is 669 Å². The molecule has 6 aromatic rings. The van der Waals surface area contributed by atoms with E-state index in [-0.39, 0.29) is 160 Å². The number of ether oxygens (including phenoxy) is 3. The fourth-order valence-electron chi connectivity index (χ4n) is 13.6. The van der Waals surface area contributed by atoms with Crippen LogP contribution in [0.1, 0.15) is 60.0 Å². The van der Waals surface area contributed by atoms with Crippen molar-refractivity contribution in [2.75, 3.05) is 175 Å². The zero-order valence-corrected chi connectivity index (χ0v) is 65.8. The molecule has 1 unspecified atom stereocenters. The molecule has 12 N–H and O–H groups in total. The summed E-state index contributed by atoms with van der Waals surface area (Å²) in [7, 11) is -10.2. The smallest absolute Gasteiger partial charge is 0.317 e. The van der Waals surface area contributed by atoms with E-state index in [1.165, 1.54) is 11.1 Å². The summed E-state index contributed by atoms with van der Waals surface area (Å²) in [5.41, 5.74) is 9.33. The Kier molecular flexibility index (Phi) is 32.3. The van der Waals surface area contributed by atoms with Gasteiger partial charge in [-0.05, 0) is 116 Å². The number of hydrogen-bond acceptors (Lipinski definition) is 26. The molecule has 3 saturated heterocycles. The molecule has 40 heteroatoms. The van der Waals surface area contributed by atoms with Crippen LogP contribution in [0.15, 0.2) is 105 Å². The van der Waals surface area contributed by atoms with E-state index in [1.807, 2.05) is 6.07 Å². The number of likely N-dealkylation sites (tertiary alicyclic amines) is 1. The fourth-order valence-corrected chi connectivity index (χ4v) is 15.1. The zero-order valence-electron chi connectivity index (χ0n) is 64.2. The maximum atomic E-state index is 14.1. The molecule has 5 aromatic carbocycles. The number of nitrogens with zero attached hydrogens (tertiary/aromatic N) is 11. The molecule has 0 radical (unpaired) electrons. The van der Waals surface area contributed by atoms with Crippen molar-refractivity contribution in [3.05, 3.63) is 113 Å². The highest BCUT2D eigenvalue weighted by molar-refractivity contribution is 7.87. The number of aliphatic carboxylic acids is 3. The molecule has 1 aromatic heterocycles. The first-order valence-corrected chi connectivity index (χ1v) is 40.4. The summed E-state index contributed by atoms with van der Waals surface area (Å²) in [5, 5.41) is 59.3. The number of phenolic OH excluding ortho intramolecular Hbond substituents is 1. The normalized spacial score (nSPS) is 16.3. The SMILES string of the molecule is [C-]#[N+][C@@H]1CCCN1C(=O)CNC(=O)c1ccnc2ccc(OCCCN3CCN(C(=O)CCOCCOCCNC(=O)C(CCC(=O)Nc4ccc(-c5ccc(N=Nc6ccc7c(S(=O)(=O)O)cc(S(=O)(=O)O)c(N)c7c6O)c(C)c5)cc4C)NC(=O)CN4CCN(CC(=O)O)CCN(CC(=O)O)CCN(CC(=O)O)CC4)CC3)cc12. The minimum Gasteiger partial charge on any atom is -0.505 e. The molecule has 0 bridgehead atoms. The van der Waals surface area contributed by atoms with Crippen molar-refractivity contribution in [2.45, 2.75) is 74.4 Å². The Morgan fingerprint density at radius 2 is 1.21 bits per heavy atom. The summed E-state index contributed by atoms with van der Waals surface area (Å²) < 4.78 is 85.8. The first-order valence-electron chi connectivity index (χ1n) is 37.5. The third-order valence-corrected chi connectivity index (χ3v) is 21.6. The summed E-state index contributed by atoms with van der Waals surface area (Å²) in [6, 6.07) is 18.7. The van der Waals surface area contributed by atoms with Crippen molar-refractivity contribution in [3.8, 4) is 22.6 Å². The average molecular weight is 1650 g/mol. The van der Waals surface area contributed by atoms with Gasteiger partial charge < -0.3 is 66.5 Å². The number of nitrogen functional groups attached to an aromatic ring is 1. The number of nitrogens with two attached hydrogens (primary N) is 1. The zero-order chi connectivity index (χ0) is 83.8. The number of hydrogen-bond donors (Lipinski definition) is 11. The third-order valence-electron chi connectivity index (χ3n) is 19.8. The van der Waals surface area contributed by atoms with Crippen molar-refractivity contribution >= 4 is 118 Å². The number of carbonyl (C=O) groups excluding carboxylic acids is 6. The number of azo groups is 1. The van der Waals surface area contributed by atoms with Gasteiger partial charge in [-0.15, -0.1) is 5.11 Å². The molecule has 3 aliphatic heterocycles. The Hall–Kier alpha value is -11.0. The van der Waals surface area contributed by atoms with E-state index in [2.05, 4.69) is 46.2 Å². The number of carboxylic acid groups (broad SMARTS) is 3. The molecule has 0 saturated carbocycles. The van der Waals surface area contributed by atoms with Crippen LogP contribution in [0.3, 0.4) is 0 Å². The number of aromatic hydroxyl groups is 1. The van der Waals surface area contributed by atoms with Crippen LogP contribution in [0.2, 0.25) is 0 Å². The largest absolute Gasteiger partial charge is 0.505 e. The summed E-state index contributed by atoms with van der Waals surface area (Å²) in [4.78, 5) is 135. The number of phenols is 1. The predicted molar refractivity (Wildman–Crippen MR) is 421 cm³/mol. The van der Waals surface area contributed by atoms with Crippen LogP contribution < -0.4 is 31.7 Å². The number of pyridine rings is 1. The first-order chi connectivity index (χ1) is 55.3. The number of aryl methyl sites for hydroxylation is 2. The van der Waals surface area contributed by atoms with Gasteiger partial charge in [0.15, 0.2) is 5.75 Å². The molecule has 116 heavy (non-hydrogen) atoms. The second-order valence-electron chi connectivity index (χ2n) is 28.1. The molecule has 0 spiro atoms. The molecule has 3 aliphatic rings. The van der Waals surface area contributed by atoms with Gasteiger partial charge in [0.1, 0.15) is 27.3 Å². The number of fused-ring (bicyclic) bond motifs is 2. The molecule has 2 atom stereocenters. The number of carbonyl (C=O) groups is 9. The van der Waals surface area contributed by atoms with E-state index < -0.39 is 101 Å². The number of amides is 6. The lowest BCUT2D eigenvalue weighted by Gasteiger charge is -2.34. The van der Waals surface area contributed by atoms with E-state index in [1.54, 1.807) is 92.9 Å². The van der Waals surface area contributed by atoms with Crippen LogP contribution in [-0.2, 0) is 68.1 Å². The monoisotopic (exact) mass is 1650 g/mol. The Balaban J connectivity index is 0.745. The molecule has 3 fully saturated rings. The molecule has 6 amide bonds. The quantitative estimate of drug-likeness (QED) is 0.00883. The van der Waals surface area contributed by atoms with Crippen LogP contribution in [0, 0.1) is 20.4 Å². The number of anilines is 2. The van der Waals surface area contributed by atoms with Gasteiger partial charge in [-0.25, -0.2) is 6.57 Å². The van der Waals surface area contributed by atoms with Crippen LogP contribution in [0.5, 0.6) is 11.5 Å². The number of piperazine rings is 1. The summed E-state index contributed by atoms with van der Waals surface area (Å²) >= 11 is 0. The van der Waals surface area contributed by atoms with Gasteiger partial charge in [0.25, 0.3) is 26.1 Å². The second kappa shape index (κ2) is 42.1. The number of rotatable bonds is 36. The second-order valence-corrected chi connectivity index (χ2v) is 30.8. The summed E-state index contributed by atoms with van der Waals surface area (Å²) in [6.07, 6.45) is 2.77. The molecule has 4 heterocycles. The minimum atomic E-state index is -5.14. The van der Waals surface area contributed by atoms with Gasteiger partial charge in [-0.3, -0.25) is 91.5 Å². The van der Waals surface area contributed by atoms with Gasteiger partial charge >= 0.3 is 24.1 Å². The van der Waals surface area contributed by atoms with Crippen molar-refractivity contribution < 1.29 is 104 Å². The molecule has 38 nitrogen and oxygen atoms in total. The maximum absolute atomic E-state index is 14.1. The van der Waals surface area contributed by atoms with E-state index >= 15 is 0 Å². The van der Waals surface area contributed by atoms with Gasteiger partial charge in [0.2, 0.25) is 29.5 Å². The first kappa shape index (κ1) is 89.0. The number of nitrogens with one attached hydrogen (secondary N) is 4. The van der Waals surface area contributed by atoms with Gasteiger partial charge in [-0.2, -0.15) is 21.9 Å². The number of aromatic nitrogens is 1. The average Bonchev–Trinajstić information content (AvgIpc) is 0.782. The van der Waals surface area contributed by atoms with Gasteiger partial charge in [0, 0.05) is 134 Å². The molecular formula is C76H96N16O22S2. The highest BCUT2D eigenvalue weighted by Crippen LogP contribution is 2.44. The lowest BCUT2D eigenvalue weighted by Crippen LogP contribution is -2.52. The highest BCUT2D eigenvalue weighted by Gasteiger charge is 2.34. The molecule has 0 aliphatic carbocycles. The molecule has 624 valence electrons. The van der Waals surface area contributed by atoms with E-state index in [9.17, 15) is 89.5 Å². The van der Waals surface area contributed by atoms with E-state index in [0.29, 0.717) is 109 Å². The topological polar surface area (TPSA) is 510 Å². The Bertz CT molecular complexity index is 4880. The number of benzene rings is 5. The third kappa shape index (κ3) is 26.0. The van der Waals surface area contributed by atoms with Crippen LogP contribution in [-0.4, -0.2) is 315 Å². The van der Waals surface area contributed by atoms with Gasteiger partial charge in [-0.1, -0.05) is 18.2 Å². The summed E-state index contributed by atoms with van der Waals surface area (Å²) in [6.45, 7) is 14.6. The standard InChI is InChI=1S/C76H96N16O22S2/c1-49-40-51(52-8-12-58(50(2)41-52)84-85-60-14-10-55-62(115(106,107)108)43-63(116(109,110)111)73(77)72(55)74(60)103)7-11-57(49)82-65(93)16-15-61(83-66(94)45-87-23-25-88(46-69(97)98)27-29-90(48-71(101)102)30-28-89(26-24-87)47-70(99)100)76(105)80-20-37-113-39-38-112-36-18-67(95)91-33-31-86(32-34-91)21-5-35-114-53-9-13-59-56(42-53)54(17-19-79-59)75(104)81-44-68(96)92-22-4-6-64(92)78-3/h7-14,17,19,40-43,61,64,103H,4-6,15-16,18,20-39,44-48,77H2,1-2H3,(H,80,105)(H,81,104)(H,82,93)(H,83,94)(H,97,98)(H,99,100)(H,101,102)(H,106,107,108)(H,109,110,111)/t61?,64-/m0/s1. The lowest BCUT2D eigenvalue weighted by molar-refractivity contribution is -0.140. The lowest BCUT2D eigenvalue weighted by atomic mass is 10.00. The van der Waals surface area contributed by atoms with Gasteiger partial charge in [0.05, 0.1) is 100 Å². The minimum absolute atomic E-state index is 0.0174. The number of carboxylic acids is 3. The van der Waals surface area contributed by atoms with Crippen molar-refractivity contribution in [1.82, 2.24) is 55.2 Å². The van der Waals surface area contributed by atoms with E-state index in [4.69, 9.17) is 26.5 Å². The van der Waals surface area contributed by atoms with E-state index in [0.717, 1.165) is 30.7 Å². The Morgan fingerprint density at radius 1 is 0.621 bits per heavy atom. The van der Waals surface area contributed by atoms with Crippen molar-refractivity contribution in [1.29, 1.82) is 0 Å².